The number of amides is 3. The summed E-state index contributed by atoms with van der Waals surface area (Å²) in [7, 11) is 0. The third kappa shape index (κ3) is 61.9. The van der Waals surface area contributed by atoms with E-state index in [9.17, 15) is 24.0 Å². The van der Waals surface area contributed by atoms with Crippen molar-refractivity contribution in [1.82, 2.24) is 0 Å². The van der Waals surface area contributed by atoms with Crippen LogP contribution in [0.1, 0.15) is 174 Å². The first-order valence-corrected chi connectivity index (χ1v) is 18.3. The van der Waals surface area contributed by atoms with Gasteiger partial charge in [-0.15, -0.1) is 0 Å². The Morgan fingerprint density at radius 2 is 0.735 bits per heavy atom. The number of carboxylic acid groups (broad SMARTS) is 2. The number of rotatable bonds is 29. The molecular weight excluding hydrogens is 639 g/mol. The normalized spacial score (nSPS) is 11.1. The molecule has 0 aromatic rings. The Bertz CT molecular complexity index is 747. The van der Waals surface area contributed by atoms with Crippen LogP contribution in [0.3, 0.4) is 0 Å². The summed E-state index contributed by atoms with van der Waals surface area (Å²) in [6, 6.07) is -1.70. The molecule has 13 nitrogen and oxygen atoms in total. The standard InChI is InChI=1S/2C12H25NO.C6H14N2O2.C5H10N2O3.Na.H/c2*1-2-3-4-5-6-7-8-9-10-11-12(13)14;7-4-2-1-3-5(8)6(9)10;6-3(5(9)10)1-2-4(7)8;;/h2*2-11H2,1H3,(H2,13,14);5H,1-4,7-8H2,(H,9,10);3H,1-2,6H2,(H2,7,8)(H,9,10);;. The molecule has 0 spiro atoms. The summed E-state index contributed by atoms with van der Waals surface area (Å²) < 4.78 is 0. The van der Waals surface area contributed by atoms with Crippen LogP contribution in [0.4, 0.5) is 0 Å². The van der Waals surface area contributed by atoms with E-state index >= 15 is 0 Å². The van der Waals surface area contributed by atoms with Crippen molar-refractivity contribution in [3.8, 4) is 0 Å². The van der Waals surface area contributed by atoms with Gasteiger partial charge in [0.2, 0.25) is 17.7 Å². The molecule has 0 radical (unpaired) electrons. The van der Waals surface area contributed by atoms with Crippen molar-refractivity contribution in [2.45, 2.75) is 186 Å². The quantitative estimate of drug-likeness (QED) is 0.0401. The second-order valence-electron chi connectivity index (χ2n) is 12.3. The van der Waals surface area contributed by atoms with E-state index in [-0.39, 0.29) is 54.2 Å². The van der Waals surface area contributed by atoms with E-state index in [2.05, 4.69) is 13.8 Å². The molecule has 2 unspecified atom stereocenters. The summed E-state index contributed by atoms with van der Waals surface area (Å²) in [5.41, 5.74) is 30.3. The van der Waals surface area contributed by atoms with Gasteiger partial charge in [-0.3, -0.25) is 24.0 Å². The zero-order valence-corrected chi connectivity index (χ0v) is 30.4. The predicted octanol–water partition coefficient (Wildman–Crippen LogP) is 4.33. The number of aliphatic carboxylic acids is 2. The van der Waals surface area contributed by atoms with Crippen LogP contribution in [0, 0.1) is 0 Å². The topological polar surface area (TPSA) is 282 Å². The third-order valence-corrected chi connectivity index (χ3v) is 7.36. The van der Waals surface area contributed by atoms with Crippen molar-refractivity contribution < 1.29 is 34.2 Å². The Labute approximate surface area is 319 Å². The van der Waals surface area contributed by atoms with Crippen molar-refractivity contribution in [3.05, 3.63) is 0 Å². The van der Waals surface area contributed by atoms with Crippen molar-refractivity contribution >= 4 is 59.2 Å². The van der Waals surface area contributed by atoms with Crippen LogP contribution in [0.5, 0.6) is 0 Å². The molecule has 0 aliphatic heterocycles. The molecule has 49 heavy (non-hydrogen) atoms. The summed E-state index contributed by atoms with van der Waals surface area (Å²) in [6.07, 6.45) is 26.5. The number of carbonyl (C=O) groups excluding carboxylic acids is 3. The van der Waals surface area contributed by atoms with Crippen LogP contribution in [-0.4, -0.2) is 88.1 Å². The van der Waals surface area contributed by atoms with Gasteiger partial charge < -0.3 is 44.6 Å². The van der Waals surface area contributed by atoms with Crippen molar-refractivity contribution in [3.63, 3.8) is 0 Å². The minimum absolute atomic E-state index is 0. The van der Waals surface area contributed by atoms with E-state index in [0.717, 1.165) is 38.5 Å². The molecule has 0 saturated carbocycles. The fourth-order valence-corrected chi connectivity index (χ4v) is 4.27. The van der Waals surface area contributed by atoms with Gasteiger partial charge in [0.1, 0.15) is 12.1 Å². The number of hydrogen-bond acceptors (Lipinski definition) is 8. The van der Waals surface area contributed by atoms with E-state index in [1.54, 1.807) is 0 Å². The van der Waals surface area contributed by atoms with E-state index in [1.807, 2.05) is 0 Å². The number of carboxylic acids is 2. The number of nitrogens with two attached hydrogens (primary N) is 6. The van der Waals surface area contributed by atoms with Crippen LogP contribution >= 0.6 is 0 Å². The molecule has 0 saturated heterocycles. The first kappa shape index (κ1) is 56.6. The number of carbonyl (C=O) groups is 5. The van der Waals surface area contributed by atoms with Gasteiger partial charge in [0.25, 0.3) is 0 Å². The Morgan fingerprint density at radius 3 is 1.00 bits per heavy atom. The molecule has 0 aliphatic rings. The van der Waals surface area contributed by atoms with Gasteiger partial charge in [-0.05, 0) is 38.6 Å². The average molecular weight is 715 g/mol. The number of hydrogen-bond donors (Lipinski definition) is 8. The van der Waals surface area contributed by atoms with E-state index in [1.165, 1.54) is 89.9 Å². The molecule has 0 fully saturated rings. The SMILES string of the molecule is CCCCCCCCCCCC(N)=O.CCCCCCCCCCCC(N)=O.NC(=O)CCC(N)C(=O)O.NCCCCC(N)C(=O)O.[NaH]. The van der Waals surface area contributed by atoms with Crippen LogP contribution in [0.15, 0.2) is 0 Å². The molecule has 288 valence electrons. The van der Waals surface area contributed by atoms with Crippen LogP contribution in [0.25, 0.3) is 0 Å². The van der Waals surface area contributed by atoms with Gasteiger partial charge in [-0.25, -0.2) is 0 Å². The second-order valence-corrected chi connectivity index (χ2v) is 12.3. The molecule has 0 heterocycles. The molecule has 14 heteroatoms. The van der Waals surface area contributed by atoms with E-state index in [0.29, 0.717) is 25.8 Å². The summed E-state index contributed by atoms with van der Waals surface area (Å²) in [5, 5.41) is 16.5. The van der Waals surface area contributed by atoms with Gasteiger partial charge in [0.15, 0.2) is 0 Å². The van der Waals surface area contributed by atoms with E-state index < -0.39 is 29.9 Å². The average Bonchev–Trinajstić information content (AvgIpc) is 3.02. The minimum atomic E-state index is -1.11. The second kappa shape index (κ2) is 46.2. The molecule has 14 N–H and O–H groups in total. The fraction of sp³-hybridized carbons (Fsp3) is 0.857. The molecule has 2 atom stereocenters. The Morgan fingerprint density at radius 1 is 0.449 bits per heavy atom. The zero-order valence-electron chi connectivity index (χ0n) is 30.4. The van der Waals surface area contributed by atoms with Gasteiger partial charge in [0.05, 0.1) is 0 Å². The summed E-state index contributed by atoms with van der Waals surface area (Å²) in [4.78, 5) is 51.1. The van der Waals surface area contributed by atoms with Crippen LogP contribution in [-0.2, 0) is 24.0 Å². The van der Waals surface area contributed by atoms with Gasteiger partial charge >= 0.3 is 41.5 Å². The Hall–Kier alpha value is -1.77. The summed E-state index contributed by atoms with van der Waals surface area (Å²) >= 11 is 0. The number of primary amides is 3. The maximum atomic E-state index is 10.4. The van der Waals surface area contributed by atoms with Gasteiger partial charge in [-0.1, -0.05) is 123 Å². The molecule has 0 aromatic heterocycles. The molecule has 0 aliphatic carbocycles. The van der Waals surface area contributed by atoms with E-state index in [4.69, 9.17) is 44.6 Å². The van der Waals surface area contributed by atoms with Crippen molar-refractivity contribution in [1.29, 1.82) is 0 Å². The maximum absolute atomic E-state index is 10.4. The Kier molecular flexibility index (Phi) is 53.4. The predicted molar refractivity (Wildman–Crippen MR) is 202 cm³/mol. The molecule has 0 bridgehead atoms. The van der Waals surface area contributed by atoms with Crippen molar-refractivity contribution in [2.24, 2.45) is 34.4 Å². The van der Waals surface area contributed by atoms with Crippen LogP contribution in [0.2, 0.25) is 0 Å². The fourth-order valence-electron chi connectivity index (χ4n) is 4.27. The van der Waals surface area contributed by atoms with Crippen molar-refractivity contribution in [2.75, 3.05) is 6.54 Å². The van der Waals surface area contributed by atoms with Crippen LogP contribution < -0.4 is 34.4 Å². The summed E-state index contributed by atoms with van der Waals surface area (Å²) in [6.45, 7) is 5.08. The molecule has 3 amide bonds. The first-order valence-electron chi connectivity index (χ1n) is 18.3. The van der Waals surface area contributed by atoms with Gasteiger partial charge in [-0.2, -0.15) is 0 Å². The zero-order chi connectivity index (χ0) is 37.4. The number of unbranched alkanes of at least 4 members (excludes halogenated alkanes) is 17. The van der Waals surface area contributed by atoms with Gasteiger partial charge in [0, 0.05) is 19.3 Å². The molecule has 0 aromatic carbocycles. The summed E-state index contributed by atoms with van der Waals surface area (Å²) in [5.74, 6) is -2.89. The molecule has 0 rings (SSSR count). The monoisotopic (exact) mass is 715 g/mol. The molecular formula is C35H75N6NaO7. The third-order valence-electron chi connectivity index (χ3n) is 7.36. The Balaban J connectivity index is -0.000000177. The first-order chi connectivity index (χ1) is 22.8.